The van der Waals surface area contributed by atoms with Crippen LogP contribution in [-0.4, -0.2) is 10.7 Å². The van der Waals surface area contributed by atoms with Crippen molar-refractivity contribution in [1.82, 2.24) is 4.90 Å². The molecule has 30 heavy (non-hydrogen) atoms. The second-order valence-corrected chi connectivity index (χ2v) is 9.20. The van der Waals surface area contributed by atoms with Gasteiger partial charge < -0.3 is 10.6 Å². The summed E-state index contributed by atoms with van der Waals surface area (Å²) >= 11 is 6.08. The number of rotatable bonds is 3. The van der Waals surface area contributed by atoms with E-state index in [0.717, 1.165) is 23.2 Å². The van der Waals surface area contributed by atoms with Gasteiger partial charge in [0.15, 0.2) is 5.78 Å². The molecule has 2 aromatic rings. The molecule has 1 heterocycles. The van der Waals surface area contributed by atoms with E-state index in [4.69, 9.17) is 17.3 Å². The SMILES string of the molecule is CC1(C)CC(=O)C2=C(C1)N(Cc1ccccc1)C(N)=C(C#N)[C@@H]2c1ccc(Cl)cc1. The van der Waals surface area contributed by atoms with Crippen LogP contribution in [0.2, 0.25) is 5.02 Å². The van der Waals surface area contributed by atoms with E-state index in [-0.39, 0.29) is 11.2 Å². The molecular formula is C25H24ClN3O. The van der Waals surface area contributed by atoms with Crippen LogP contribution in [0.3, 0.4) is 0 Å². The molecule has 0 amide bonds. The van der Waals surface area contributed by atoms with E-state index in [1.54, 1.807) is 12.1 Å². The number of carbonyl (C=O) groups excluding carboxylic acids is 1. The van der Waals surface area contributed by atoms with Crippen molar-refractivity contribution in [3.8, 4) is 6.07 Å². The van der Waals surface area contributed by atoms with Crippen molar-refractivity contribution in [2.24, 2.45) is 11.1 Å². The Labute approximate surface area is 182 Å². The lowest BCUT2D eigenvalue weighted by Gasteiger charge is -2.44. The molecule has 152 valence electrons. The minimum atomic E-state index is -0.460. The van der Waals surface area contributed by atoms with Crippen molar-refractivity contribution in [2.45, 2.75) is 39.2 Å². The first-order valence-electron chi connectivity index (χ1n) is 10.0. The first-order valence-corrected chi connectivity index (χ1v) is 10.4. The van der Waals surface area contributed by atoms with Crippen LogP contribution < -0.4 is 5.73 Å². The molecule has 0 aromatic heterocycles. The smallest absolute Gasteiger partial charge is 0.162 e. The number of halogens is 1. The fraction of sp³-hybridized carbons (Fsp3) is 0.280. The highest BCUT2D eigenvalue weighted by Crippen LogP contribution is 2.49. The Bertz CT molecular complexity index is 1090. The Hall–Kier alpha value is -3.03. The van der Waals surface area contributed by atoms with Gasteiger partial charge in [0.25, 0.3) is 0 Å². The molecule has 2 N–H and O–H groups in total. The Morgan fingerprint density at radius 2 is 1.80 bits per heavy atom. The number of benzene rings is 2. The number of carbonyl (C=O) groups is 1. The summed E-state index contributed by atoms with van der Waals surface area (Å²) in [5.41, 5.74) is 10.4. The van der Waals surface area contributed by atoms with Gasteiger partial charge in [0, 0.05) is 29.3 Å². The first-order chi connectivity index (χ1) is 14.3. The Morgan fingerprint density at radius 3 is 2.43 bits per heavy atom. The van der Waals surface area contributed by atoms with Crippen LogP contribution in [0.4, 0.5) is 0 Å². The second kappa shape index (κ2) is 7.66. The van der Waals surface area contributed by atoms with Crippen LogP contribution >= 0.6 is 11.6 Å². The average molecular weight is 418 g/mol. The lowest BCUT2D eigenvalue weighted by molar-refractivity contribution is -0.118. The van der Waals surface area contributed by atoms with Gasteiger partial charge in [0.05, 0.1) is 17.6 Å². The normalized spacial score (nSPS) is 20.8. The molecule has 0 radical (unpaired) electrons. The summed E-state index contributed by atoms with van der Waals surface area (Å²) in [6, 6.07) is 19.6. The van der Waals surface area contributed by atoms with Gasteiger partial charge in [-0.1, -0.05) is 67.9 Å². The van der Waals surface area contributed by atoms with Crippen molar-refractivity contribution < 1.29 is 4.79 Å². The van der Waals surface area contributed by atoms with E-state index >= 15 is 0 Å². The summed E-state index contributed by atoms with van der Waals surface area (Å²) < 4.78 is 0. The number of hydrogen-bond acceptors (Lipinski definition) is 4. The largest absolute Gasteiger partial charge is 0.384 e. The van der Waals surface area contributed by atoms with E-state index in [9.17, 15) is 10.1 Å². The van der Waals surface area contributed by atoms with E-state index in [0.29, 0.717) is 35.0 Å². The molecule has 0 fully saturated rings. The van der Waals surface area contributed by atoms with Crippen molar-refractivity contribution in [2.75, 3.05) is 0 Å². The molecule has 1 atom stereocenters. The maximum atomic E-state index is 13.4. The third-order valence-corrected chi connectivity index (χ3v) is 6.13. The molecule has 4 rings (SSSR count). The summed E-state index contributed by atoms with van der Waals surface area (Å²) in [5.74, 6) is 0.0444. The molecule has 1 aliphatic carbocycles. The molecule has 2 aliphatic rings. The van der Waals surface area contributed by atoms with Crippen LogP contribution in [-0.2, 0) is 11.3 Å². The van der Waals surface area contributed by atoms with Crippen molar-refractivity contribution >= 4 is 17.4 Å². The fourth-order valence-corrected chi connectivity index (χ4v) is 4.64. The van der Waals surface area contributed by atoms with E-state index in [1.165, 1.54) is 0 Å². The van der Waals surface area contributed by atoms with Crippen LogP contribution in [0.1, 0.15) is 43.7 Å². The van der Waals surface area contributed by atoms with Gasteiger partial charge in [-0.2, -0.15) is 5.26 Å². The number of ketones is 1. The number of allylic oxidation sites excluding steroid dienone is 3. The molecule has 0 saturated carbocycles. The van der Waals surface area contributed by atoms with Crippen LogP contribution in [0.15, 0.2) is 77.3 Å². The quantitative estimate of drug-likeness (QED) is 0.737. The second-order valence-electron chi connectivity index (χ2n) is 8.77. The molecule has 4 nitrogen and oxygen atoms in total. The number of nitrogens with zero attached hydrogens (tertiary/aromatic N) is 2. The molecule has 0 spiro atoms. The summed E-state index contributed by atoms with van der Waals surface area (Å²) in [6.07, 6.45) is 1.18. The third-order valence-electron chi connectivity index (χ3n) is 5.87. The minimum absolute atomic E-state index is 0.0829. The zero-order chi connectivity index (χ0) is 21.5. The highest BCUT2D eigenvalue weighted by Gasteiger charge is 2.44. The topological polar surface area (TPSA) is 70.1 Å². The summed E-state index contributed by atoms with van der Waals surface area (Å²) in [4.78, 5) is 15.3. The number of nitriles is 1. The highest BCUT2D eigenvalue weighted by atomic mass is 35.5. The highest BCUT2D eigenvalue weighted by molar-refractivity contribution is 6.30. The van der Waals surface area contributed by atoms with Crippen LogP contribution in [0, 0.1) is 16.7 Å². The zero-order valence-electron chi connectivity index (χ0n) is 17.2. The summed E-state index contributed by atoms with van der Waals surface area (Å²) in [7, 11) is 0. The zero-order valence-corrected chi connectivity index (χ0v) is 17.9. The molecule has 0 bridgehead atoms. The van der Waals surface area contributed by atoms with Crippen molar-refractivity contribution in [3.05, 3.63) is 93.4 Å². The minimum Gasteiger partial charge on any atom is -0.384 e. The monoisotopic (exact) mass is 417 g/mol. The maximum Gasteiger partial charge on any atom is 0.162 e. The Kier molecular flexibility index (Phi) is 5.17. The van der Waals surface area contributed by atoms with Crippen molar-refractivity contribution in [1.29, 1.82) is 5.26 Å². The van der Waals surface area contributed by atoms with E-state index < -0.39 is 5.92 Å². The lowest BCUT2D eigenvalue weighted by atomic mass is 9.68. The van der Waals surface area contributed by atoms with Gasteiger partial charge in [0.1, 0.15) is 5.82 Å². The van der Waals surface area contributed by atoms with Gasteiger partial charge in [-0.3, -0.25) is 4.79 Å². The third kappa shape index (κ3) is 3.62. The average Bonchev–Trinajstić information content (AvgIpc) is 2.70. The predicted molar refractivity (Wildman–Crippen MR) is 118 cm³/mol. The Balaban J connectivity index is 1.90. The van der Waals surface area contributed by atoms with Gasteiger partial charge >= 0.3 is 0 Å². The molecule has 5 heteroatoms. The van der Waals surface area contributed by atoms with Gasteiger partial charge in [0.2, 0.25) is 0 Å². The van der Waals surface area contributed by atoms with Gasteiger partial charge in [-0.25, -0.2) is 0 Å². The number of hydrogen-bond donors (Lipinski definition) is 1. The van der Waals surface area contributed by atoms with E-state index in [1.807, 2.05) is 47.4 Å². The summed E-state index contributed by atoms with van der Waals surface area (Å²) in [6.45, 7) is 4.73. The van der Waals surface area contributed by atoms with E-state index in [2.05, 4.69) is 19.9 Å². The van der Waals surface area contributed by atoms with Crippen LogP contribution in [0.25, 0.3) is 0 Å². The fourth-order valence-electron chi connectivity index (χ4n) is 4.51. The predicted octanol–water partition coefficient (Wildman–Crippen LogP) is 5.28. The molecular weight excluding hydrogens is 394 g/mol. The molecule has 0 saturated heterocycles. The van der Waals surface area contributed by atoms with Gasteiger partial charge in [-0.05, 0) is 35.1 Å². The van der Waals surface area contributed by atoms with Gasteiger partial charge in [-0.15, -0.1) is 0 Å². The number of nitrogens with two attached hydrogens (primary N) is 1. The standard InChI is InChI=1S/C25H24ClN3O/c1-25(2)12-20-23(21(30)13-25)22(17-8-10-18(26)11-9-17)19(14-27)24(28)29(20)15-16-6-4-3-5-7-16/h3-11,22H,12-13,15,28H2,1-2H3/t22-/m0/s1. The molecule has 2 aromatic carbocycles. The van der Waals surface area contributed by atoms with Crippen molar-refractivity contribution in [3.63, 3.8) is 0 Å². The molecule has 1 aliphatic heterocycles. The maximum absolute atomic E-state index is 13.4. The van der Waals surface area contributed by atoms with Crippen LogP contribution in [0.5, 0.6) is 0 Å². The number of Topliss-reactive ketones (excluding diaryl/α,β-unsaturated/α-hetero) is 1. The summed E-state index contributed by atoms with van der Waals surface area (Å²) in [5, 5.41) is 10.6. The molecule has 0 unspecified atom stereocenters. The first kappa shape index (κ1) is 20.3. The lowest BCUT2D eigenvalue weighted by Crippen LogP contribution is -2.41. The Morgan fingerprint density at radius 1 is 1.13 bits per heavy atom.